The van der Waals surface area contributed by atoms with Crippen LogP contribution in [0.2, 0.25) is 5.02 Å². The highest BCUT2D eigenvalue weighted by Crippen LogP contribution is 2.37. The summed E-state index contributed by atoms with van der Waals surface area (Å²) in [6.45, 7) is -0.0716. The topological polar surface area (TPSA) is 66.9 Å². The highest BCUT2D eigenvalue weighted by molar-refractivity contribution is 7.92. The van der Waals surface area contributed by atoms with Gasteiger partial charge in [-0.15, -0.1) is 0 Å². The number of para-hydroxylation sites is 2. The van der Waals surface area contributed by atoms with Gasteiger partial charge in [-0.05, 0) is 49.2 Å². The van der Waals surface area contributed by atoms with Crippen molar-refractivity contribution in [3.05, 3.63) is 53.6 Å². The maximum Gasteiger partial charge on any atom is 0.265 e. The van der Waals surface area contributed by atoms with Gasteiger partial charge in [-0.3, -0.25) is 9.10 Å². The Kier molecular flexibility index (Phi) is 5.93. The Morgan fingerprint density at radius 3 is 2.43 bits per heavy atom. The zero-order chi connectivity index (χ0) is 21.3. The molecule has 0 unspecified atom stereocenters. The fraction of sp³-hybridized carbons (Fsp3) is 0.409. The molecule has 160 valence electrons. The lowest BCUT2D eigenvalue weighted by atomic mass is 9.94. The summed E-state index contributed by atoms with van der Waals surface area (Å²) in [6, 6.07) is 13.1. The molecule has 1 atom stereocenters. The lowest BCUT2D eigenvalue weighted by molar-refractivity contribution is -0.139. The summed E-state index contributed by atoms with van der Waals surface area (Å²) in [5, 5.41) is 0.457. The highest BCUT2D eigenvalue weighted by atomic mass is 35.5. The van der Waals surface area contributed by atoms with Crippen molar-refractivity contribution in [2.75, 3.05) is 17.9 Å². The number of sulfonamides is 1. The summed E-state index contributed by atoms with van der Waals surface area (Å²) in [4.78, 5) is 15.1. The standard InChI is InChI=1S/C22H25ClN2O4S/c1-24(17-7-3-2-4-8-17)22(26)21-15-25(19-9-5-6-10-20(19)29-21)30(27,28)18-13-11-16(23)12-14-18/h5-6,9-14,17,21H,2-4,7-8,15H2,1H3/t21-/m1/s1. The van der Waals surface area contributed by atoms with E-state index >= 15 is 0 Å². The van der Waals surface area contributed by atoms with Crippen LogP contribution in [0.15, 0.2) is 53.4 Å². The van der Waals surface area contributed by atoms with E-state index in [-0.39, 0.29) is 23.4 Å². The first-order valence-corrected chi connectivity index (χ1v) is 12.0. The monoisotopic (exact) mass is 448 g/mol. The normalized spacial score (nSPS) is 19.7. The molecule has 1 saturated carbocycles. The molecule has 0 spiro atoms. The van der Waals surface area contributed by atoms with E-state index in [9.17, 15) is 13.2 Å². The first kappa shape index (κ1) is 21.0. The van der Waals surface area contributed by atoms with Gasteiger partial charge in [0.25, 0.3) is 15.9 Å². The van der Waals surface area contributed by atoms with Crippen molar-refractivity contribution in [1.82, 2.24) is 4.90 Å². The van der Waals surface area contributed by atoms with Gasteiger partial charge >= 0.3 is 0 Å². The van der Waals surface area contributed by atoms with Crippen molar-refractivity contribution >= 4 is 33.2 Å². The second-order valence-corrected chi connectivity index (χ2v) is 10.1. The van der Waals surface area contributed by atoms with Gasteiger partial charge in [0.1, 0.15) is 5.75 Å². The van der Waals surface area contributed by atoms with E-state index in [2.05, 4.69) is 0 Å². The molecule has 1 fully saturated rings. The van der Waals surface area contributed by atoms with Crippen LogP contribution in [0.1, 0.15) is 32.1 Å². The Bertz CT molecular complexity index is 1020. The van der Waals surface area contributed by atoms with E-state index in [1.54, 1.807) is 48.3 Å². The largest absolute Gasteiger partial charge is 0.476 e. The lowest BCUT2D eigenvalue weighted by Gasteiger charge is -2.38. The molecule has 1 aliphatic heterocycles. The molecule has 0 aromatic heterocycles. The molecule has 1 heterocycles. The van der Waals surface area contributed by atoms with Gasteiger partial charge in [-0.2, -0.15) is 0 Å². The molecule has 30 heavy (non-hydrogen) atoms. The number of hydrogen-bond acceptors (Lipinski definition) is 4. The fourth-order valence-electron chi connectivity index (χ4n) is 4.17. The highest BCUT2D eigenvalue weighted by Gasteiger charge is 2.39. The van der Waals surface area contributed by atoms with E-state index in [1.807, 2.05) is 0 Å². The maximum atomic E-state index is 13.4. The van der Waals surface area contributed by atoms with Gasteiger partial charge < -0.3 is 9.64 Å². The van der Waals surface area contributed by atoms with Crippen molar-refractivity contribution < 1.29 is 17.9 Å². The van der Waals surface area contributed by atoms with Crippen molar-refractivity contribution in [3.8, 4) is 5.75 Å². The molecule has 0 radical (unpaired) electrons. The molecule has 1 amide bonds. The van der Waals surface area contributed by atoms with Crippen LogP contribution in [0.4, 0.5) is 5.69 Å². The second kappa shape index (κ2) is 8.47. The van der Waals surface area contributed by atoms with Crippen molar-refractivity contribution in [1.29, 1.82) is 0 Å². The van der Waals surface area contributed by atoms with E-state index < -0.39 is 16.1 Å². The zero-order valence-electron chi connectivity index (χ0n) is 16.8. The average molecular weight is 449 g/mol. The number of rotatable bonds is 4. The number of hydrogen-bond donors (Lipinski definition) is 0. The average Bonchev–Trinajstić information content (AvgIpc) is 2.78. The van der Waals surface area contributed by atoms with Crippen LogP contribution >= 0.6 is 11.6 Å². The molecule has 8 heteroatoms. The number of likely N-dealkylation sites (N-methyl/N-ethyl adjacent to an activating group) is 1. The molecule has 1 aliphatic carbocycles. The third kappa shape index (κ3) is 4.01. The van der Waals surface area contributed by atoms with Crippen LogP contribution in [-0.4, -0.2) is 45.0 Å². The quantitative estimate of drug-likeness (QED) is 0.706. The molecule has 2 aromatic rings. The molecule has 6 nitrogen and oxygen atoms in total. The Hall–Kier alpha value is -2.25. The number of carbonyl (C=O) groups excluding carboxylic acids is 1. The Morgan fingerprint density at radius 1 is 1.07 bits per heavy atom. The van der Waals surface area contributed by atoms with E-state index in [0.717, 1.165) is 25.7 Å². The lowest BCUT2D eigenvalue weighted by Crippen LogP contribution is -2.53. The Morgan fingerprint density at radius 2 is 1.73 bits per heavy atom. The van der Waals surface area contributed by atoms with Gasteiger partial charge in [0, 0.05) is 18.1 Å². The molecule has 2 aromatic carbocycles. The number of nitrogens with zero attached hydrogens (tertiary/aromatic N) is 2. The van der Waals surface area contributed by atoms with E-state index in [0.29, 0.717) is 16.5 Å². The first-order chi connectivity index (χ1) is 14.4. The summed E-state index contributed by atoms with van der Waals surface area (Å²) >= 11 is 5.92. The number of halogens is 1. The van der Waals surface area contributed by atoms with Gasteiger partial charge in [-0.1, -0.05) is 43.0 Å². The van der Waals surface area contributed by atoms with Gasteiger partial charge in [-0.25, -0.2) is 8.42 Å². The number of ether oxygens (including phenoxy) is 1. The minimum absolute atomic E-state index is 0.0716. The fourth-order valence-corrected chi connectivity index (χ4v) is 5.77. The van der Waals surface area contributed by atoms with E-state index in [4.69, 9.17) is 16.3 Å². The third-order valence-electron chi connectivity index (χ3n) is 5.88. The number of carbonyl (C=O) groups is 1. The van der Waals surface area contributed by atoms with Crippen molar-refractivity contribution in [2.45, 2.75) is 49.1 Å². The molecular weight excluding hydrogens is 424 g/mol. The van der Waals surface area contributed by atoms with Crippen LogP contribution in [0.25, 0.3) is 0 Å². The molecule has 2 aliphatic rings. The number of amides is 1. The Labute approximate surface area is 182 Å². The SMILES string of the molecule is CN(C(=O)[C@H]1CN(S(=O)(=O)c2ccc(Cl)cc2)c2ccccc2O1)C1CCCCC1. The van der Waals surface area contributed by atoms with Crippen LogP contribution in [-0.2, 0) is 14.8 Å². The molecule has 4 rings (SSSR count). The zero-order valence-corrected chi connectivity index (χ0v) is 18.4. The van der Waals surface area contributed by atoms with Crippen LogP contribution < -0.4 is 9.04 Å². The van der Waals surface area contributed by atoms with Crippen molar-refractivity contribution in [3.63, 3.8) is 0 Å². The predicted molar refractivity (Wildman–Crippen MR) is 116 cm³/mol. The predicted octanol–water partition coefficient (Wildman–Crippen LogP) is 4.09. The molecule has 0 N–H and O–H groups in total. The number of benzene rings is 2. The molecular formula is C22H25ClN2O4S. The summed E-state index contributed by atoms with van der Waals surface area (Å²) in [6.07, 6.45) is 4.45. The Balaban J connectivity index is 1.65. The number of anilines is 1. The van der Waals surface area contributed by atoms with Crippen molar-refractivity contribution in [2.24, 2.45) is 0 Å². The minimum Gasteiger partial charge on any atom is -0.476 e. The second-order valence-electron chi connectivity index (χ2n) is 7.81. The van der Waals surface area contributed by atoms with Gasteiger partial charge in [0.15, 0.2) is 6.10 Å². The first-order valence-electron chi connectivity index (χ1n) is 10.2. The summed E-state index contributed by atoms with van der Waals surface area (Å²) in [5.41, 5.74) is 0.428. The van der Waals surface area contributed by atoms with Crippen LogP contribution in [0.3, 0.4) is 0 Å². The molecule has 0 saturated heterocycles. The smallest absolute Gasteiger partial charge is 0.265 e. The third-order valence-corrected chi connectivity index (χ3v) is 7.93. The van der Waals surface area contributed by atoms with E-state index in [1.165, 1.54) is 22.9 Å². The van der Waals surface area contributed by atoms with Crippen LogP contribution in [0, 0.1) is 0 Å². The van der Waals surface area contributed by atoms with Crippen LogP contribution in [0.5, 0.6) is 5.75 Å². The summed E-state index contributed by atoms with van der Waals surface area (Å²) < 4.78 is 34.0. The molecule has 0 bridgehead atoms. The summed E-state index contributed by atoms with van der Waals surface area (Å²) in [5.74, 6) is 0.199. The summed E-state index contributed by atoms with van der Waals surface area (Å²) in [7, 11) is -2.09. The van der Waals surface area contributed by atoms with Gasteiger partial charge in [0.05, 0.1) is 17.1 Å². The maximum absolute atomic E-state index is 13.4. The van der Waals surface area contributed by atoms with Gasteiger partial charge in [0.2, 0.25) is 0 Å². The minimum atomic E-state index is -3.89. The number of fused-ring (bicyclic) bond motifs is 1.